The fraction of sp³-hybridized carbons (Fsp3) is 0.111. The van der Waals surface area contributed by atoms with Crippen molar-refractivity contribution in [2.45, 2.75) is 6.54 Å². The molecular weight excluding hydrogens is 150 g/mol. The Balaban J connectivity index is 2.78. The number of hydrogen-bond donors (Lipinski definition) is 3. The molecule has 0 saturated carbocycles. The first-order valence-electron chi connectivity index (χ1n) is 3.87. The van der Waals surface area contributed by atoms with Crippen LogP contribution >= 0.6 is 0 Å². The van der Waals surface area contributed by atoms with Gasteiger partial charge in [0.1, 0.15) is 0 Å². The zero-order valence-corrected chi connectivity index (χ0v) is 6.67. The third kappa shape index (κ3) is 0.871. The van der Waals surface area contributed by atoms with Crippen LogP contribution in [0.3, 0.4) is 0 Å². The van der Waals surface area contributed by atoms with E-state index in [2.05, 4.69) is 4.98 Å². The first-order chi connectivity index (χ1) is 5.83. The third-order valence-electron chi connectivity index (χ3n) is 2.09. The summed E-state index contributed by atoms with van der Waals surface area (Å²) in [6.07, 6.45) is 1.88. The van der Waals surface area contributed by atoms with E-state index in [9.17, 15) is 0 Å². The molecular formula is C9H11N3. The first kappa shape index (κ1) is 7.18. The Morgan fingerprint density at radius 1 is 1.25 bits per heavy atom. The van der Waals surface area contributed by atoms with Gasteiger partial charge in [0.25, 0.3) is 0 Å². The quantitative estimate of drug-likeness (QED) is 0.550. The van der Waals surface area contributed by atoms with E-state index in [4.69, 9.17) is 11.5 Å². The molecule has 0 unspecified atom stereocenters. The molecule has 0 fully saturated rings. The number of nitrogens with one attached hydrogen (secondary N) is 1. The Morgan fingerprint density at radius 2 is 2.08 bits per heavy atom. The summed E-state index contributed by atoms with van der Waals surface area (Å²) in [5, 5.41) is 1.05. The van der Waals surface area contributed by atoms with Crippen LogP contribution in [0.4, 0.5) is 5.69 Å². The molecule has 2 rings (SSSR count). The van der Waals surface area contributed by atoms with E-state index in [1.165, 1.54) is 0 Å². The van der Waals surface area contributed by atoms with Gasteiger partial charge in [-0.25, -0.2) is 0 Å². The number of H-pyrrole nitrogens is 1. The molecule has 0 aliphatic heterocycles. The van der Waals surface area contributed by atoms with Crippen LogP contribution in [0.2, 0.25) is 0 Å². The summed E-state index contributed by atoms with van der Waals surface area (Å²) >= 11 is 0. The van der Waals surface area contributed by atoms with Gasteiger partial charge < -0.3 is 16.5 Å². The van der Waals surface area contributed by atoms with Crippen LogP contribution in [-0.2, 0) is 6.54 Å². The molecule has 62 valence electrons. The number of aromatic nitrogens is 1. The Hall–Kier alpha value is -1.48. The molecule has 0 amide bonds. The molecule has 5 N–H and O–H groups in total. The van der Waals surface area contributed by atoms with Crippen LogP contribution in [0.1, 0.15) is 5.56 Å². The number of benzene rings is 1. The number of aromatic amines is 1. The summed E-state index contributed by atoms with van der Waals surface area (Å²) in [5.41, 5.74) is 14.2. The van der Waals surface area contributed by atoms with Gasteiger partial charge in [-0.15, -0.1) is 0 Å². The molecule has 12 heavy (non-hydrogen) atoms. The zero-order chi connectivity index (χ0) is 8.55. The minimum Gasteiger partial charge on any atom is -0.398 e. The lowest BCUT2D eigenvalue weighted by Gasteiger charge is -2.02. The van der Waals surface area contributed by atoms with Crippen molar-refractivity contribution in [3.8, 4) is 0 Å². The average Bonchev–Trinajstić information content (AvgIpc) is 2.53. The van der Waals surface area contributed by atoms with E-state index >= 15 is 0 Å². The van der Waals surface area contributed by atoms with Gasteiger partial charge in [-0.2, -0.15) is 0 Å². The van der Waals surface area contributed by atoms with Crippen LogP contribution in [0.25, 0.3) is 10.9 Å². The van der Waals surface area contributed by atoms with Crippen molar-refractivity contribution in [2.75, 3.05) is 5.73 Å². The van der Waals surface area contributed by atoms with Crippen LogP contribution in [0.5, 0.6) is 0 Å². The van der Waals surface area contributed by atoms with E-state index < -0.39 is 0 Å². The van der Waals surface area contributed by atoms with Crippen molar-refractivity contribution in [1.29, 1.82) is 0 Å². The molecule has 0 bridgehead atoms. The molecule has 0 aliphatic rings. The fourth-order valence-electron chi connectivity index (χ4n) is 1.38. The SMILES string of the molecule is NCc1ccc2[nH]ccc2c1N. The van der Waals surface area contributed by atoms with Crippen molar-refractivity contribution in [3.63, 3.8) is 0 Å². The number of nitrogens with two attached hydrogens (primary N) is 2. The molecule has 3 heteroatoms. The summed E-state index contributed by atoms with van der Waals surface area (Å²) in [6, 6.07) is 5.91. The minimum absolute atomic E-state index is 0.493. The van der Waals surface area contributed by atoms with Gasteiger partial charge in [0.2, 0.25) is 0 Å². The van der Waals surface area contributed by atoms with Gasteiger partial charge in [0.05, 0.1) is 0 Å². The highest BCUT2D eigenvalue weighted by Gasteiger charge is 2.02. The van der Waals surface area contributed by atoms with Crippen LogP contribution in [-0.4, -0.2) is 4.98 Å². The Kier molecular flexibility index (Phi) is 1.52. The van der Waals surface area contributed by atoms with Crippen LogP contribution < -0.4 is 11.5 Å². The van der Waals surface area contributed by atoms with E-state index in [0.29, 0.717) is 6.54 Å². The molecule has 1 heterocycles. The average molecular weight is 161 g/mol. The smallest absolute Gasteiger partial charge is 0.0475 e. The van der Waals surface area contributed by atoms with Crippen molar-refractivity contribution in [2.24, 2.45) is 5.73 Å². The summed E-state index contributed by atoms with van der Waals surface area (Å²) in [6.45, 7) is 0.493. The van der Waals surface area contributed by atoms with E-state index in [1.807, 2.05) is 24.4 Å². The van der Waals surface area contributed by atoms with Crippen molar-refractivity contribution < 1.29 is 0 Å². The van der Waals surface area contributed by atoms with Gasteiger partial charge in [0.15, 0.2) is 0 Å². The second kappa shape index (κ2) is 2.53. The summed E-state index contributed by atoms with van der Waals surface area (Å²) < 4.78 is 0. The van der Waals surface area contributed by atoms with Crippen molar-refractivity contribution in [1.82, 2.24) is 4.98 Å². The molecule has 1 aromatic carbocycles. The molecule has 1 aromatic heterocycles. The summed E-state index contributed by atoms with van der Waals surface area (Å²) in [5.74, 6) is 0. The van der Waals surface area contributed by atoms with Gasteiger partial charge in [-0.3, -0.25) is 0 Å². The maximum atomic E-state index is 5.87. The summed E-state index contributed by atoms with van der Waals surface area (Å²) in [7, 11) is 0. The van der Waals surface area contributed by atoms with E-state index in [1.54, 1.807) is 0 Å². The molecule has 0 aliphatic carbocycles. The molecule has 2 aromatic rings. The van der Waals surface area contributed by atoms with Gasteiger partial charge in [0, 0.05) is 29.3 Å². The topological polar surface area (TPSA) is 67.8 Å². The second-order valence-corrected chi connectivity index (χ2v) is 2.78. The molecule has 3 nitrogen and oxygen atoms in total. The van der Waals surface area contributed by atoms with Gasteiger partial charge >= 0.3 is 0 Å². The largest absolute Gasteiger partial charge is 0.398 e. The van der Waals surface area contributed by atoms with Crippen molar-refractivity contribution >= 4 is 16.6 Å². The zero-order valence-electron chi connectivity index (χ0n) is 6.67. The summed E-state index contributed by atoms with van der Waals surface area (Å²) in [4.78, 5) is 3.09. The molecule has 0 saturated heterocycles. The molecule has 0 spiro atoms. The van der Waals surface area contributed by atoms with Gasteiger partial charge in [-0.05, 0) is 17.7 Å². The highest BCUT2D eigenvalue weighted by molar-refractivity contribution is 5.92. The standard InChI is InChI=1S/C9H11N3/c10-5-6-1-2-8-7(9(6)11)3-4-12-8/h1-4,12H,5,10-11H2. The lowest BCUT2D eigenvalue weighted by Crippen LogP contribution is -2.01. The number of nitrogen functional groups attached to an aromatic ring is 1. The minimum atomic E-state index is 0.493. The van der Waals surface area contributed by atoms with Crippen LogP contribution in [0.15, 0.2) is 24.4 Å². The number of rotatable bonds is 1. The lowest BCUT2D eigenvalue weighted by atomic mass is 10.1. The van der Waals surface area contributed by atoms with Gasteiger partial charge in [-0.1, -0.05) is 6.07 Å². The predicted molar refractivity (Wildman–Crippen MR) is 50.6 cm³/mol. The van der Waals surface area contributed by atoms with Crippen LogP contribution in [0, 0.1) is 0 Å². The fourth-order valence-corrected chi connectivity index (χ4v) is 1.38. The third-order valence-corrected chi connectivity index (χ3v) is 2.09. The monoisotopic (exact) mass is 161 g/mol. The Labute approximate surface area is 70.4 Å². The Morgan fingerprint density at radius 3 is 2.83 bits per heavy atom. The second-order valence-electron chi connectivity index (χ2n) is 2.78. The maximum absolute atomic E-state index is 5.87. The van der Waals surface area contributed by atoms with Crippen molar-refractivity contribution in [3.05, 3.63) is 30.0 Å². The predicted octanol–water partition coefficient (Wildman–Crippen LogP) is 1.21. The van der Waals surface area contributed by atoms with E-state index in [0.717, 1.165) is 22.2 Å². The highest BCUT2D eigenvalue weighted by atomic mass is 14.7. The highest BCUT2D eigenvalue weighted by Crippen LogP contribution is 2.23. The maximum Gasteiger partial charge on any atom is 0.0475 e. The van der Waals surface area contributed by atoms with E-state index in [-0.39, 0.29) is 0 Å². The molecule has 0 atom stereocenters. The number of anilines is 1. The molecule has 0 radical (unpaired) electrons. The number of hydrogen-bond acceptors (Lipinski definition) is 2. The number of fused-ring (bicyclic) bond motifs is 1. The lowest BCUT2D eigenvalue weighted by molar-refractivity contribution is 1.08. The first-order valence-corrected chi connectivity index (χ1v) is 3.87. The Bertz CT molecular complexity index is 403. The normalized spacial score (nSPS) is 10.8.